The van der Waals surface area contributed by atoms with Crippen LogP contribution in [-0.2, 0) is 24.2 Å². The van der Waals surface area contributed by atoms with Crippen LogP contribution in [0.4, 0.5) is 5.82 Å². The maximum atomic E-state index is 12.9. The van der Waals surface area contributed by atoms with Crippen molar-refractivity contribution in [3.05, 3.63) is 51.0 Å². The second-order valence-corrected chi connectivity index (χ2v) is 7.68. The van der Waals surface area contributed by atoms with Crippen molar-refractivity contribution in [1.82, 2.24) is 14.5 Å². The molecule has 26 heavy (non-hydrogen) atoms. The minimum absolute atomic E-state index is 0.0313. The first-order valence-electron chi connectivity index (χ1n) is 8.84. The van der Waals surface area contributed by atoms with E-state index in [4.69, 9.17) is 0 Å². The van der Waals surface area contributed by atoms with Gasteiger partial charge in [-0.3, -0.25) is 14.2 Å². The third kappa shape index (κ3) is 3.14. The SMILES string of the molecule is Cc1cccnc1NC(=O)CCn1cnc2sc3c(c2c1=O)CCCC3. The normalized spacial score (nSPS) is 13.6. The van der Waals surface area contributed by atoms with E-state index in [2.05, 4.69) is 15.3 Å². The van der Waals surface area contributed by atoms with Gasteiger partial charge in [0.15, 0.2) is 0 Å². The van der Waals surface area contributed by atoms with Gasteiger partial charge in [0.2, 0.25) is 5.91 Å². The molecule has 0 saturated heterocycles. The zero-order chi connectivity index (χ0) is 18.1. The number of fused-ring (bicyclic) bond motifs is 3. The summed E-state index contributed by atoms with van der Waals surface area (Å²) in [7, 11) is 0. The lowest BCUT2D eigenvalue weighted by molar-refractivity contribution is -0.116. The van der Waals surface area contributed by atoms with Gasteiger partial charge in [-0.2, -0.15) is 0 Å². The highest BCUT2D eigenvalue weighted by Gasteiger charge is 2.20. The van der Waals surface area contributed by atoms with Crippen LogP contribution >= 0.6 is 11.3 Å². The van der Waals surface area contributed by atoms with Crippen LogP contribution in [0, 0.1) is 6.92 Å². The summed E-state index contributed by atoms with van der Waals surface area (Å²) in [4.78, 5) is 35.8. The second-order valence-electron chi connectivity index (χ2n) is 6.60. The van der Waals surface area contributed by atoms with E-state index < -0.39 is 0 Å². The summed E-state index contributed by atoms with van der Waals surface area (Å²) in [6, 6.07) is 3.72. The lowest BCUT2D eigenvalue weighted by atomic mass is 9.97. The van der Waals surface area contributed by atoms with Gasteiger partial charge in [-0.05, 0) is 49.8 Å². The second kappa shape index (κ2) is 6.99. The van der Waals surface area contributed by atoms with Crippen LogP contribution in [0.5, 0.6) is 0 Å². The molecule has 0 fully saturated rings. The third-order valence-electron chi connectivity index (χ3n) is 4.79. The number of thiophene rings is 1. The molecular formula is C19H20N4O2S. The molecule has 0 aliphatic heterocycles. The van der Waals surface area contributed by atoms with Crippen LogP contribution in [0.25, 0.3) is 10.2 Å². The van der Waals surface area contributed by atoms with Crippen LogP contribution < -0.4 is 10.9 Å². The Morgan fingerprint density at radius 2 is 2.15 bits per heavy atom. The summed E-state index contributed by atoms with van der Waals surface area (Å²) in [6.07, 6.45) is 7.71. The van der Waals surface area contributed by atoms with Crippen LogP contribution in [-0.4, -0.2) is 20.4 Å². The Balaban J connectivity index is 1.52. The van der Waals surface area contributed by atoms with Gasteiger partial charge in [-0.25, -0.2) is 9.97 Å². The number of aromatic nitrogens is 3. The van der Waals surface area contributed by atoms with Gasteiger partial charge in [0.1, 0.15) is 10.6 Å². The predicted octanol–water partition coefficient (Wildman–Crippen LogP) is 3.07. The molecule has 7 heteroatoms. The highest BCUT2D eigenvalue weighted by molar-refractivity contribution is 7.18. The van der Waals surface area contributed by atoms with E-state index in [-0.39, 0.29) is 17.9 Å². The Morgan fingerprint density at radius 3 is 3.00 bits per heavy atom. The van der Waals surface area contributed by atoms with Gasteiger partial charge in [-0.15, -0.1) is 11.3 Å². The van der Waals surface area contributed by atoms with Gasteiger partial charge in [0.25, 0.3) is 5.56 Å². The zero-order valence-electron chi connectivity index (χ0n) is 14.6. The van der Waals surface area contributed by atoms with E-state index in [9.17, 15) is 9.59 Å². The smallest absolute Gasteiger partial charge is 0.262 e. The molecule has 0 spiro atoms. The topological polar surface area (TPSA) is 76.9 Å². The third-order valence-corrected chi connectivity index (χ3v) is 5.99. The monoisotopic (exact) mass is 368 g/mol. The highest BCUT2D eigenvalue weighted by atomic mass is 32.1. The summed E-state index contributed by atoms with van der Waals surface area (Å²) in [5.41, 5.74) is 2.05. The molecule has 3 aromatic heterocycles. The lowest BCUT2D eigenvalue weighted by Gasteiger charge is -2.10. The van der Waals surface area contributed by atoms with Crippen LogP contribution in [0.2, 0.25) is 0 Å². The first-order chi connectivity index (χ1) is 12.6. The van der Waals surface area contributed by atoms with Crippen molar-refractivity contribution in [1.29, 1.82) is 0 Å². The van der Waals surface area contributed by atoms with Crippen molar-refractivity contribution in [2.75, 3.05) is 5.32 Å². The number of hydrogen-bond donors (Lipinski definition) is 1. The predicted molar refractivity (Wildman–Crippen MR) is 103 cm³/mol. The molecule has 1 aliphatic rings. The average molecular weight is 368 g/mol. The van der Waals surface area contributed by atoms with E-state index in [1.54, 1.807) is 28.4 Å². The Morgan fingerprint density at radius 1 is 1.31 bits per heavy atom. The summed E-state index contributed by atoms with van der Waals surface area (Å²) in [6.45, 7) is 2.20. The molecule has 0 aromatic carbocycles. The number of pyridine rings is 1. The van der Waals surface area contributed by atoms with E-state index in [0.717, 1.165) is 35.0 Å². The van der Waals surface area contributed by atoms with Crippen molar-refractivity contribution < 1.29 is 4.79 Å². The van der Waals surface area contributed by atoms with E-state index in [1.165, 1.54) is 16.9 Å². The van der Waals surface area contributed by atoms with Crippen molar-refractivity contribution >= 4 is 33.3 Å². The molecule has 6 nitrogen and oxygen atoms in total. The van der Waals surface area contributed by atoms with Crippen molar-refractivity contribution in [2.24, 2.45) is 0 Å². The zero-order valence-corrected chi connectivity index (χ0v) is 15.4. The van der Waals surface area contributed by atoms with Gasteiger partial charge >= 0.3 is 0 Å². The maximum absolute atomic E-state index is 12.9. The van der Waals surface area contributed by atoms with Crippen molar-refractivity contribution in [3.63, 3.8) is 0 Å². The number of amides is 1. The minimum Gasteiger partial charge on any atom is -0.310 e. The van der Waals surface area contributed by atoms with Gasteiger partial charge in [-0.1, -0.05) is 6.07 Å². The van der Waals surface area contributed by atoms with Gasteiger partial charge in [0.05, 0.1) is 11.7 Å². The number of rotatable bonds is 4. The first-order valence-corrected chi connectivity index (χ1v) is 9.66. The summed E-state index contributed by atoms with van der Waals surface area (Å²) >= 11 is 1.64. The largest absolute Gasteiger partial charge is 0.310 e. The number of anilines is 1. The summed E-state index contributed by atoms with van der Waals surface area (Å²) < 4.78 is 1.55. The lowest BCUT2D eigenvalue weighted by Crippen LogP contribution is -2.24. The highest BCUT2D eigenvalue weighted by Crippen LogP contribution is 2.33. The van der Waals surface area contributed by atoms with Gasteiger partial charge < -0.3 is 5.32 Å². The number of aryl methyl sites for hydroxylation is 4. The maximum Gasteiger partial charge on any atom is 0.262 e. The van der Waals surface area contributed by atoms with Crippen molar-refractivity contribution in [2.45, 2.75) is 45.6 Å². The molecule has 1 N–H and O–H groups in total. The molecule has 0 saturated carbocycles. The Bertz CT molecular complexity index is 1040. The fourth-order valence-corrected chi connectivity index (χ4v) is 4.59. The molecule has 0 atom stereocenters. The number of carbonyl (C=O) groups excluding carboxylic acids is 1. The Hall–Kier alpha value is -2.54. The van der Waals surface area contributed by atoms with E-state index in [0.29, 0.717) is 12.4 Å². The van der Waals surface area contributed by atoms with Gasteiger partial charge in [0, 0.05) is 24.0 Å². The molecule has 0 bridgehead atoms. The number of nitrogens with one attached hydrogen (secondary N) is 1. The Kier molecular flexibility index (Phi) is 4.55. The molecule has 3 heterocycles. The van der Waals surface area contributed by atoms with Crippen LogP contribution in [0.15, 0.2) is 29.5 Å². The van der Waals surface area contributed by atoms with Crippen molar-refractivity contribution in [3.8, 4) is 0 Å². The summed E-state index contributed by atoms with van der Waals surface area (Å²) in [5.74, 6) is 0.400. The molecule has 1 amide bonds. The standard InChI is InChI=1S/C19H20N4O2S/c1-12-5-4-9-20-17(12)22-15(24)8-10-23-11-21-18-16(19(23)25)13-6-2-3-7-14(13)26-18/h4-5,9,11H,2-3,6-8,10H2,1H3,(H,20,22,24). The van der Waals surface area contributed by atoms with Crippen LogP contribution in [0.1, 0.15) is 35.3 Å². The molecule has 3 aromatic rings. The summed E-state index contributed by atoms with van der Waals surface area (Å²) in [5, 5.41) is 3.56. The molecule has 0 unspecified atom stereocenters. The van der Waals surface area contributed by atoms with Crippen LogP contribution in [0.3, 0.4) is 0 Å². The molecule has 1 aliphatic carbocycles. The fraction of sp³-hybridized carbons (Fsp3) is 0.368. The quantitative estimate of drug-likeness (QED) is 0.768. The Labute approximate surface area is 154 Å². The van der Waals surface area contributed by atoms with E-state index >= 15 is 0 Å². The molecule has 0 radical (unpaired) electrons. The molecule has 4 rings (SSSR count). The van der Waals surface area contributed by atoms with E-state index in [1.807, 2.05) is 19.1 Å². The fourth-order valence-electron chi connectivity index (χ4n) is 3.37. The molecule has 134 valence electrons. The number of nitrogens with zero attached hydrogens (tertiary/aromatic N) is 3. The number of hydrogen-bond acceptors (Lipinski definition) is 5. The average Bonchev–Trinajstić information content (AvgIpc) is 3.02. The minimum atomic E-state index is -0.161. The molecular weight excluding hydrogens is 348 g/mol. The first kappa shape index (κ1) is 16.9. The number of carbonyl (C=O) groups is 1.